The third-order valence-electron chi connectivity index (χ3n) is 5.31. The second kappa shape index (κ2) is 9.37. The van der Waals surface area contributed by atoms with Crippen LogP contribution in [0.4, 0.5) is 0 Å². The Kier molecular flexibility index (Phi) is 6.20. The van der Waals surface area contributed by atoms with Gasteiger partial charge in [0.25, 0.3) is 11.8 Å². The molecule has 2 amide bonds. The Bertz CT molecular complexity index is 916. The van der Waals surface area contributed by atoms with Crippen molar-refractivity contribution in [1.82, 2.24) is 14.9 Å². The molecule has 0 unspecified atom stereocenters. The van der Waals surface area contributed by atoms with Gasteiger partial charge in [-0.05, 0) is 29.8 Å². The van der Waals surface area contributed by atoms with Crippen LogP contribution in [0.5, 0.6) is 0 Å². The maximum absolute atomic E-state index is 13.3. The first-order valence-electron chi connectivity index (χ1n) is 10.2. The van der Waals surface area contributed by atoms with Crippen molar-refractivity contribution in [2.75, 3.05) is 26.2 Å². The molecule has 1 aliphatic rings. The lowest BCUT2D eigenvalue weighted by Crippen LogP contribution is -2.50. The predicted molar refractivity (Wildman–Crippen MR) is 117 cm³/mol. The van der Waals surface area contributed by atoms with Crippen LogP contribution < -0.4 is 0 Å². The SMILES string of the molecule is O=C(c1ccccc1)N1CCN(Cc2ccccc2)CCN1C(=O)c1ccccc1. The van der Waals surface area contributed by atoms with Crippen molar-refractivity contribution in [2.24, 2.45) is 0 Å². The van der Waals surface area contributed by atoms with Crippen molar-refractivity contribution in [1.29, 1.82) is 0 Å². The largest absolute Gasteiger partial charge is 0.295 e. The van der Waals surface area contributed by atoms with Crippen molar-refractivity contribution >= 4 is 11.8 Å². The van der Waals surface area contributed by atoms with E-state index in [1.807, 2.05) is 54.6 Å². The number of benzene rings is 3. The maximum Gasteiger partial charge on any atom is 0.272 e. The molecule has 5 nitrogen and oxygen atoms in total. The Morgan fingerprint density at radius 1 is 0.567 bits per heavy atom. The van der Waals surface area contributed by atoms with Crippen LogP contribution in [0.1, 0.15) is 26.3 Å². The molecule has 0 aliphatic carbocycles. The third kappa shape index (κ3) is 4.58. The molecule has 152 valence electrons. The minimum absolute atomic E-state index is 0.151. The van der Waals surface area contributed by atoms with Gasteiger partial charge in [0.1, 0.15) is 0 Å². The Morgan fingerprint density at radius 2 is 0.967 bits per heavy atom. The molecule has 4 rings (SSSR count). The minimum atomic E-state index is -0.151. The summed E-state index contributed by atoms with van der Waals surface area (Å²) < 4.78 is 0. The van der Waals surface area contributed by atoms with Crippen molar-refractivity contribution in [3.05, 3.63) is 108 Å². The summed E-state index contributed by atoms with van der Waals surface area (Å²) in [6.45, 7) is 3.11. The normalized spacial score (nSPS) is 14.9. The Balaban J connectivity index is 1.58. The lowest BCUT2D eigenvalue weighted by atomic mass is 10.2. The average molecular weight is 399 g/mol. The number of amides is 2. The van der Waals surface area contributed by atoms with Gasteiger partial charge in [0.2, 0.25) is 0 Å². The molecule has 3 aromatic rings. The second-order valence-corrected chi connectivity index (χ2v) is 7.35. The van der Waals surface area contributed by atoms with Crippen LogP contribution in [0, 0.1) is 0 Å². The predicted octanol–water partition coefficient (Wildman–Crippen LogP) is 3.70. The number of hydrazine groups is 1. The van der Waals surface area contributed by atoms with Gasteiger partial charge < -0.3 is 0 Å². The summed E-state index contributed by atoms with van der Waals surface area (Å²) >= 11 is 0. The van der Waals surface area contributed by atoms with E-state index >= 15 is 0 Å². The molecule has 1 saturated heterocycles. The van der Waals surface area contributed by atoms with Gasteiger partial charge in [0, 0.05) is 30.8 Å². The molecule has 0 aromatic heterocycles. The van der Waals surface area contributed by atoms with E-state index in [9.17, 15) is 9.59 Å². The summed E-state index contributed by atoms with van der Waals surface area (Å²) in [5.74, 6) is -0.303. The van der Waals surface area contributed by atoms with Gasteiger partial charge in [0.05, 0.1) is 13.1 Å². The Hall–Kier alpha value is -3.44. The second-order valence-electron chi connectivity index (χ2n) is 7.35. The highest BCUT2D eigenvalue weighted by Crippen LogP contribution is 2.16. The van der Waals surface area contributed by atoms with Gasteiger partial charge in [-0.2, -0.15) is 0 Å². The van der Waals surface area contributed by atoms with E-state index in [0.717, 1.165) is 6.54 Å². The van der Waals surface area contributed by atoms with E-state index in [2.05, 4.69) is 17.0 Å². The van der Waals surface area contributed by atoms with Gasteiger partial charge in [-0.3, -0.25) is 14.5 Å². The van der Waals surface area contributed by atoms with Crippen molar-refractivity contribution in [3.8, 4) is 0 Å². The van der Waals surface area contributed by atoms with Crippen LogP contribution in [0.2, 0.25) is 0 Å². The zero-order valence-electron chi connectivity index (χ0n) is 16.9. The lowest BCUT2D eigenvalue weighted by molar-refractivity contribution is 0.00286. The molecule has 0 saturated carbocycles. The topological polar surface area (TPSA) is 43.9 Å². The van der Waals surface area contributed by atoms with Gasteiger partial charge in [-0.1, -0.05) is 66.7 Å². The van der Waals surface area contributed by atoms with Crippen LogP contribution in [-0.4, -0.2) is 52.9 Å². The molecule has 3 aromatic carbocycles. The van der Waals surface area contributed by atoms with Crippen LogP contribution in [0.25, 0.3) is 0 Å². The highest BCUT2D eigenvalue weighted by Gasteiger charge is 2.30. The fourth-order valence-corrected chi connectivity index (χ4v) is 3.71. The molecular weight excluding hydrogens is 374 g/mol. The number of rotatable bonds is 4. The number of carbonyl (C=O) groups excluding carboxylic acids is 2. The lowest BCUT2D eigenvalue weighted by Gasteiger charge is -2.33. The van der Waals surface area contributed by atoms with Crippen molar-refractivity contribution in [3.63, 3.8) is 0 Å². The molecule has 5 heteroatoms. The van der Waals surface area contributed by atoms with E-state index in [-0.39, 0.29) is 11.8 Å². The third-order valence-corrected chi connectivity index (χ3v) is 5.31. The molecule has 1 heterocycles. The summed E-state index contributed by atoms with van der Waals surface area (Å²) in [4.78, 5) is 28.8. The van der Waals surface area contributed by atoms with Gasteiger partial charge >= 0.3 is 0 Å². The number of hydrogen-bond acceptors (Lipinski definition) is 3. The summed E-state index contributed by atoms with van der Waals surface area (Å²) in [5, 5.41) is 3.21. The number of nitrogens with zero attached hydrogens (tertiary/aromatic N) is 3. The molecule has 0 atom stereocenters. The van der Waals surface area contributed by atoms with Crippen molar-refractivity contribution in [2.45, 2.75) is 6.54 Å². The smallest absolute Gasteiger partial charge is 0.272 e. The minimum Gasteiger partial charge on any atom is -0.295 e. The molecule has 0 N–H and O–H groups in total. The van der Waals surface area contributed by atoms with Crippen LogP contribution in [-0.2, 0) is 6.54 Å². The highest BCUT2D eigenvalue weighted by atomic mass is 16.2. The number of carbonyl (C=O) groups is 2. The summed E-state index contributed by atoms with van der Waals surface area (Å²) in [5.41, 5.74) is 2.39. The molecule has 0 spiro atoms. The summed E-state index contributed by atoms with van der Waals surface area (Å²) in [7, 11) is 0. The van der Waals surface area contributed by atoms with Gasteiger partial charge in [0.15, 0.2) is 0 Å². The van der Waals surface area contributed by atoms with Gasteiger partial charge in [-0.25, -0.2) is 10.0 Å². The van der Waals surface area contributed by atoms with E-state index < -0.39 is 0 Å². The zero-order chi connectivity index (χ0) is 20.8. The first-order valence-corrected chi connectivity index (χ1v) is 10.2. The monoisotopic (exact) mass is 399 g/mol. The first-order chi connectivity index (χ1) is 14.7. The van der Waals surface area contributed by atoms with E-state index in [1.54, 1.807) is 34.3 Å². The Morgan fingerprint density at radius 3 is 1.40 bits per heavy atom. The maximum atomic E-state index is 13.3. The van der Waals surface area contributed by atoms with Gasteiger partial charge in [-0.15, -0.1) is 0 Å². The van der Waals surface area contributed by atoms with Crippen LogP contribution in [0.15, 0.2) is 91.0 Å². The molecule has 1 aliphatic heterocycles. The first kappa shape index (κ1) is 19.9. The number of hydrogen-bond donors (Lipinski definition) is 0. The average Bonchev–Trinajstić information content (AvgIpc) is 3.02. The highest BCUT2D eigenvalue weighted by molar-refractivity contribution is 5.99. The van der Waals surface area contributed by atoms with E-state index in [1.165, 1.54) is 5.56 Å². The van der Waals surface area contributed by atoms with Crippen molar-refractivity contribution < 1.29 is 9.59 Å². The fraction of sp³-hybridized carbons (Fsp3) is 0.200. The van der Waals surface area contributed by atoms with Crippen LogP contribution >= 0.6 is 0 Å². The standard InChI is InChI=1S/C25H25N3O2/c29-24(22-12-6-2-7-13-22)27-18-16-26(20-21-10-4-1-5-11-21)17-19-28(27)25(30)23-14-8-3-9-15-23/h1-15H,16-20H2. The van der Waals surface area contributed by atoms with Crippen LogP contribution in [0.3, 0.4) is 0 Å². The molecule has 1 fully saturated rings. The zero-order valence-corrected chi connectivity index (χ0v) is 16.9. The molecular formula is C25H25N3O2. The molecule has 0 radical (unpaired) electrons. The van der Waals surface area contributed by atoms with E-state index in [0.29, 0.717) is 37.3 Å². The molecule has 30 heavy (non-hydrogen) atoms. The Labute approximate surface area is 177 Å². The molecule has 0 bridgehead atoms. The summed E-state index contributed by atoms with van der Waals surface area (Å²) in [6, 6.07) is 28.6. The fourth-order valence-electron chi connectivity index (χ4n) is 3.71. The summed E-state index contributed by atoms with van der Waals surface area (Å²) in [6.07, 6.45) is 0. The quantitative estimate of drug-likeness (QED) is 0.672. The van der Waals surface area contributed by atoms with E-state index in [4.69, 9.17) is 0 Å².